The average molecular weight is 307 g/mol. The first kappa shape index (κ1) is 14.2. The third kappa shape index (κ3) is 3.48. The number of thioether (sulfide) groups is 1. The molecule has 1 saturated heterocycles. The second-order valence-electron chi connectivity index (χ2n) is 4.97. The fourth-order valence-electron chi connectivity index (χ4n) is 2.25. The highest BCUT2D eigenvalue weighted by molar-refractivity contribution is 7.99. The van der Waals surface area contributed by atoms with Gasteiger partial charge in [0, 0.05) is 18.2 Å². The smallest absolute Gasteiger partial charge is 0.238 e. The molecule has 0 saturated carbocycles. The maximum absolute atomic E-state index is 11.9. The van der Waals surface area contributed by atoms with Crippen LogP contribution in [0.25, 0.3) is 0 Å². The highest BCUT2D eigenvalue weighted by atomic mass is 32.2. The van der Waals surface area contributed by atoms with Crippen LogP contribution in [-0.4, -0.2) is 36.1 Å². The summed E-state index contributed by atoms with van der Waals surface area (Å²) in [5.41, 5.74) is 1.59. The molecule has 7 heteroatoms. The standard InChI is InChI=1S/C14H17N3O3S/c18-13-3-4-20-12-2-1-9(5-10(12)17-13)6-15-14(19)11-7-21-8-16-11/h1-2,5,11,16H,3-4,6-8H2,(H,15,19)(H,17,18). The maximum Gasteiger partial charge on any atom is 0.238 e. The van der Waals surface area contributed by atoms with Crippen molar-refractivity contribution in [3.8, 4) is 5.75 Å². The Morgan fingerprint density at radius 2 is 2.38 bits per heavy atom. The zero-order valence-electron chi connectivity index (χ0n) is 11.5. The molecule has 0 aliphatic carbocycles. The Labute approximate surface area is 127 Å². The van der Waals surface area contributed by atoms with E-state index in [2.05, 4.69) is 16.0 Å². The molecule has 112 valence electrons. The van der Waals surface area contributed by atoms with Gasteiger partial charge < -0.3 is 15.4 Å². The predicted molar refractivity (Wildman–Crippen MR) is 81.3 cm³/mol. The van der Waals surface area contributed by atoms with E-state index in [0.717, 1.165) is 17.2 Å². The minimum Gasteiger partial charge on any atom is -0.491 e. The van der Waals surface area contributed by atoms with Crippen molar-refractivity contribution >= 4 is 29.3 Å². The highest BCUT2D eigenvalue weighted by Gasteiger charge is 2.22. The summed E-state index contributed by atoms with van der Waals surface area (Å²) < 4.78 is 5.50. The van der Waals surface area contributed by atoms with E-state index >= 15 is 0 Å². The minimum atomic E-state index is -0.112. The van der Waals surface area contributed by atoms with Crippen LogP contribution in [0.15, 0.2) is 18.2 Å². The van der Waals surface area contributed by atoms with Crippen LogP contribution in [0.2, 0.25) is 0 Å². The summed E-state index contributed by atoms with van der Waals surface area (Å²) in [4.78, 5) is 23.5. The first-order valence-corrected chi connectivity index (χ1v) is 8.02. The summed E-state index contributed by atoms with van der Waals surface area (Å²) in [6.07, 6.45) is 0.353. The van der Waals surface area contributed by atoms with Crippen LogP contribution in [0.4, 0.5) is 5.69 Å². The number of ether oxygens (including phenoxy) is 1. The summed E-state index contributed by atoms with van der Waals surface area (Å²) >= 11 is 1.72. The normalized spacial score (nSPS) is 21.0. The SMILES string of the molecule is O=C1CCOc2ccc(CNC(=O)C3CSCN3)cc2N1. The predicted octanol–water partition coefficient (Wildman–Crippen LogP) is 0.686. The Bertz CT molecular complexity index is 558. The van der Waals surface area contributed by atoms with Crippen LogP contribution in [0.5, 0.6) is 5.75 Å². The van der Waals surface area contributed by atoms with Crippen LogP contribution in [-0.2, 0) is 16.1 Å². The van der Waals surface area contributed by atoms with Crippen LogP contribution in [0.1, 0.15) is 12.0 Å². The first-order valence-electron chi connectivity index (χ1n) is 6.87. The molecule has 0 bridgehead atoms. The zero-order valence-corrected chi connectivity index (χ0v) is 12.3. The summed E-state index contributed by atoms with van der Waals surface area (Å²) in [5, 5.41) is 8.85. The molecule has 0 spiro atoms. The maximum atomic E-state index is 11.9. The lowest BCUT2D eigenvalue weighted by molar-refractivity contribution is -0.122. The number of nitrogens with one attached hydrogen (secondary N) is 3. The fraction of sp³-hybridized carbons (Fsp3) is 0.429. The van der Waals surface area contributed by atoms with Crippen LogP contribution >= 0.6 is 11.8 Å². The van der Waals surface area contributed by atoms with Gasteiger partial charge in [-0.1, -0.05) is 6.07 Å². The van der Waals surface area contributed by atoms with Gasteiger partial charge in [-0.2, -0.15) is 0 Å². The van der Waals surface area contributed by atoms with Gasteiger partial charge in [0.2, 0.25) is 11.8 Å². The number of carbonyl (C=O) groups excluding carboxylic acids is 2. The summed E-state index contributed by atoms with van der Waals surface area (Å²) in [5.74, 6) is 2.25. The van der Waals surface area contributed by atoms with Crippen molar-refractivity contribution in [3.63, 3.8) is 0 Å². The van der Waals surface area contributed by atoms with E-state index in [1.807, 2.05) is 18.2 Å². The van der Waals surface area contributed by atoms with Crippen molar-refractivity contribution < 1.29 is 14.3 Å². The largest absolute Gasteiger partial charge is 0.491 e. The van der Waals surface area contributed by atoms with Crippen molar-refractivity contribution in [2.45, 2.75) is 19.0 Å². The Kier molecular flexibility index (Phi) is 4.31. The Balaban J connectivity index is 1.63. The van der Waals surface area contributed by atoms with Crippen molar-refractivity contribution in [2.24, 2.45) is 0 Å². The number of fused-ring (bicyclic) bond motifs is 1. The fourth-order valence-corrected chi connectivity index (χ4v) is 3.19. The van der Waals surface area contributed by atoms with E-state index in [1.54, 1.807) is 11.8 Å². The van der Waals surface area contributed by atoms with Gasteiger partial charge in [-0.15, -0.1) is 11.8 Å². The first-order chi connectivity index (χ1) is 10.2. The molecule has 2 aliphatic rings. The van der Waals surface area contributed by atoms with Crippen molar-refractivity contribution in [1.29, 1.82) is 0 Å². The molecule has 1 aromatic carbocycles. The lowest BCUT2D eigenvalue weighted by atomic mass is 10.1. The number of benzene rings is 1. The molecule has 1 atom stereocenters. The molecule has 0 radical (unpaired) electrons. The number of rotatable bonds is 3. The molecule has 1 unspecified atom stereocenters. The Morgan fingerprint density at radius 1 is 1.48 bits per heavy atom. The van der Waals surface area contributed by atoms with Gasteiger partial charge in [0.25, 0.3) is 0 Å². The van der Waals surface area contributed by atoms with Gasteiger partial charge in [0.15, 0.2) is 0 Å². The summed E-state index contributed by atoms with van der Waals surface area (Å²) in [6.45, 7) is 0.824. The number of hydrogen-bond acceptors (Lipinski definition) is 5. The lowest BCUT2D eigenvalue weighted by Gasteiger charge is -2.12. The number of hydrogen-bond donors (Lipinski definition) is 3. The lowest BCUT2D eigenvalue weighted by Crippen LogP contribution is -2.41. The quantitative estimate of drug-likeness (QED) is 0.765. The van der Waals surface area contributed by atoms with Crippen molar-refractivity contribution in [1.82, 2.24) is 10.6 Å². The molecule has 2 amide bonds. The topological polar surface area (TPSA) is 79.5 Å². The van der Waals surface area contributed by atoms with E-state index in [1.165, 1.54) is 0 Å². The third-order valence-corrected chi connectivity index (χ3v) is 4.34. The minimum absolute atomic E-state index is 0.00947. The molecular formula is C14H17N3O3S. The van der Waals surface area contributed by atoms with Gasteiger partial charge in [-0.25, -0.2) is 0 Å². The van der Waals surface area contributed by atoms with Crippen LogP contribution in [0, 0.1) is 0 Å². The molecule has 21 heavy (non-hydrogen) atoms. The van der Waals surface area contributed by atoms with E-state index in [-0.39, 0.29) is 17.9 Å². The highest BCUT2D eigenvalue weighted by Crippen LogP contribution is 2.28. The van der Waals surface area contributed by atoms with Gasteiger partial charge in [0.05, 0.1) is 24.8 Å². The zero-order chi connectivity index (χ0) is 14.7. The molecule has 0 aromatic heterocycles. The molecule has 1 fully saturated rings. The van der Waals surface area contributed by atoms with E-state index < -0.39 is 0 Å². The third-order valence-electron chi connectivity index (χ3n) is 3.40. The second kappa shape index (κ2) is 6.36. The van der Waals surface area contributed by atoms with E-state index in [4.69, 9.17) is 4.74 Å². The van der Waals surface area contributed by atoms with Crippen LogP contribution in [0.3, 0.4) is 0 Å². The summed E-state index contributed by atoms with van der Waals surface area (Å²) in [7, 11) is 0. The second-order valence-corrected chi connectivity index (χ2v) is 6.00. The van der Waals surface area contributed by atoms with Gasteiger partial charge in [-0.05, 0) is 17.7 Å². The monoisotopic (exact) mass is 307 g/mol. The van der Waals surface area contributed by atoms with Crippen molar-refractivity contribution in [3.05, 3.63) is 23.8 Å². The van der Waals surface area contributed by atoms with Gasteiger partial charge in [-0.3, -0.25) is 14.9 Å². The molecular weight excluding hydrogens is 290 g/mol. The molecule has 3 N–H and O–H groups in total. The molecule has 6 nitrogen and oxygen atoms in total. The van der Waals surface area contributed by atoms with Gasteiger partial charge >= 0.3 is 0 Å². The Hall–Kier alpha value is -1.73. The van der Waals surface area contributed by atoms with E-state index in [0.29, 0.717) is 31.0 Å². The molecule has 3 rings (SSSR count). The Morgan fingerprint density at radius 3 is 3.19 bits per heavy atom. The molecule has 2 heterocycles. The number of carbonyl (C=O) groups is 2. The van der Waals surface area contributed by atoms with E-state index in [9.17, 15) is 9.59 Å². The summed E-state index contributed by atoms with van der Waals surface area (Å²) in [6, 6.07) is 5.45. The van der Waals surface area contributed by atoms with Gasteiger partial charge in [0.1, 0.15) is 5.75 Å². The number of anilines is 1. The number of amides is 2. The van der Waals surface area contributed by atoms with Crippen molar-refractivity contribution in [2.75, 3.05) is 23.6 Å². The average Bonchev–Trinajstić information content (AvgIpc) is 2.94. The molecule has 2 aliphatic heterocycles. The van der Waals surface area contributed by atoms with Crippen LogP contribution < -0.4 is 20.7 Å². The molecule has 1 aromatic rings.